The second-order valence-electron chi connectivity index (χ2n) is 2.69. The standard InChI is InChI=1S/C8H7ClO3S/c9-5-1-7(13-4-5)8(10)12-6-2-11-3-6/h1,4,6H,2-3H2. The molecule has 0 aliphatic carbocycles. The lowest BCUT2D eigenvalue weighted by Gasteiger charge is -2.25. The molecule has 1 aliphatic heterocycles. The molecule has 0 saturated carbocycles. The Morgan fingerprint density at radius 1 is 1.69 bits per heavy atom. The van der Waals surface area contributed by atoms with Crippen LogP contribution in [0.1, 0.15) is 9.67 Å². The van der Waals surface area contributed by atoms with Gasteiger partial charge in [0.1, 0.15) is 11.0 Å². The largest absolute Gasteiger partial charge is 0.453 e. The van der Waals surface area contributed by atoms with Gasteiger partial charge in [-0.05, 0) is 6.07 Å². The van der Waals surface area contributed by atoms with Crippen LogP contribution >= 0.6 is 22.9 Å². The van der Waals surface area contributed by atoms with E-state index in [1.807, 2.05) is 0 Å². The van der Waals surface area contributed by atoms with Crippen LogP contribution in [-0.2, 0) is 9.47 Å². The first-order valence-corrected chi connectivity index (χ1v) is 5.04. The van der Waals surface area contributed by atoms with Crippen LogP contribution in [-0.4, -0.2) is 25.3 Å². The molecule has 1 aromatic heterocycles. The smallest absolute Gasteiger partial charge is 0.348 e. The SMILES string of the molecule is O=C(OC1COC1)c1cc(Cl)cs1. The quantitative estimate of drug-likeness (QED) is 0.712. The second kappa shape index (κ2) is 3.65. The van der Waals surface area contributed by atoms with E-state index >= 15 is 0 Å². The van der Waals surface area contributed by atoms with Crippen LogP contribution in [0.2, 0.25) is 5.02 Å². The molecule has 5 heteroatoms. The number of thiophene rings is 1. The average Bonchev–Trinajstić information content (AvgIpc) is 2.44. The van der Waals surface area contributed by atoms with Crippen molar-refractivity contribution in [2.75, 3.05) is 13.2 Å². The Hall–Kier alpha value is -0.580. The maximum Gasteiger partial charge on any atom is 0.348 e. The Labute approximate surface area is 84.2 Å². The van der Waals surface area contributed by atoms with Crippen molar-refractivity contribution >= 4 is 28.9 Å². The van der Waals surface area contributed by atoms with Crippen molar-refractivity contribution < 1.29 is 14.3 Å². The third-order valence-corrected chi connectivity index (χ3v) is 2.91. The van der Waals surface area contributed by atoms with Crippen LogP contribution in [0.3, 0.4) is 0 Å². The van der Waals surface area contributed by atoms with Crippen LogP contribution in [0.4, 0.5) is 0 Å². The van der Waals surface area contributed by atoms with E-state index in [4.69, 9.17) is 21.1 Å². The van der Waals surface area contributed by atoms with E-state index in [9.17, 15) is 4.79 Å². The molecule has 1 fully saturated rings. The maximum absolute atomic E-state index is 11.3. The Morgan fingerprint density at radius 2 is 2.46 bits per heavy atom. The molecule has 0 bridgehead atoms. The highest BCUT2D eigenvalue weighted by Crippen LogP contribution is 2.21. The van der Waals surface area contributed by atoms with Crippen LogP contribution < -0.4 is 0 Å². The normalized spacial score (nSPS) is 16.7. The average molecular weight is 219 g/mol. The van der Waals surface area contributed by atoms with Gasteiger partial charge >= 0.3 is 5.97 Å². The van der Waals surface area contributed by atoms with Gasteiger partial charge in [-0.25, -0.2) is 4.79 Å². The van der Waals surface area contributed by atoms with Crippen LogP contribution in [0.25, 0.3) is 0 Å². The lowest BCUT2D eigenvalue weighted by Crippen LogP contribution is -2.37. The number of rotatable bonds is 2. The zero-order chi connectivity index (χ0) is 9.26. The molecule has 13 heavy (non-hydrogen) atoms. The minimum Gasteiger partial charge on any atom is -0.453 e. The second-order valence-corrected chi connectivity index (χ2v) is 4.04. The number of carbonyl (C=O) groups is 1. The summed E-state index contributed by atoms with van der Waals surface area (Å²) in [4.78, 5) is 11.9. The molecule has 70 valence electrons. The van der Waals surface area contributed by atoms with E-state index in [1.165, 1.54) is 11.3 Å². The summed E-state index contributed by atoms with van der Waals surface area (Å²) in [7, 11) is 0. The molecule has 2 rings (SSSR count). The molecule has 1 aromatic rings. The summed E-state index contributed by atoms with van der Waals surface area (Å²) in [6.45, 7) is 1.01. The first-order valence-electron chi connectivity index (χ1n) is 3.78. The van der Waals surface area contributed by atoms with Crippen molar-refractivity contribution in [1.82, 2.24) is 0 Å². The van der Waals surface area contributed by atoms with Gasteiger partial charge in [-0.1, -0.05) is 11.6 Å². The molecule has 0 radical (unpaired) electrons. The van der Waals surface area contributed by atoms with Crippen molar-refractivity contribution in [3.8, 4) is 0 Å². The minimum atomic E-state index is -0.315. The van der Waals surface area contributed by atoms with Gasteiger partial charge in [0.25, 0.3) is 0 Å². The van der Waals surface area contributed by atoms with E-state index in [2.05, 4.69) is 0 Å². The van der Waals surface area contributed by atoms with Crippen molar-refractivity contribution in [1.29, 1.82) is 0 Å². The van der Waals surface area contributed by atoms with Gasteiger partial charge in [0.15, 0.2) is 0 Å². The first kappa shape index (κ1) is 8.99. The van der Waals surface area contributed by atoms with Gasteiger partial charge in [-0.15, -0.1) is 11.3 Å². The molecule has 0 aromatic carbocycles. The lowest BCUT2D eigenvalue weighted by atomic mass is 10.3. The number of halogens is 1. The van der Waals surface area contributed by atoms with Crippen LogP contribution in [0, 0.1) is 0 Å². The highest BCUT2D eigenvalue weighted by Gasteiger charge is 2.23. The van der Waals surface area contributed by atoms with Gasteiger partial charge in [0.05, 0.1) is 18.2 Å². The Balaban J connectivity index is 1.96. The molecular weight excluding hydrogens is 212 g/mol. The van der Waals surface area contributed by atoms with Crippen molar-refractivity contribution in [2.45, 2.75) is 6.10 Å². The van der Waals surface area contributed by atoms with E-state index in [0.717, 1.165) is 0 Å². The van der Waals surface area contributed by atoms with Gasteiger partial charge in [-0.3, -0.25) is 0 Å². The fourth-order valence-corrected chi connectivity index (χ4v) is 1.87. The third kappa shape index (κ3) is 2.02. The number of hydrogen-bond acceptors (Lipinski definition) is 4. The zero-order valence-corrected chi connectivity index (χ0v) is 8.23. The van der Waals surface area contributed by atoms with E-state index in [1.54, 1.807) is 11.4 Å². The number of esters is 1. The van der Waals surface area contributed by atoms with Crippen LogP contribution in [0.5, 0.6) is 0 Å². The highest BCUT2D eigenvalue weighted by atomic mass is 35.5. The van der Waals surface area contributed by atoms with Gasteiger partial charge in [0, 0.05) is 5.38 Å². The molecule has 0 unspecified atom stereocenters. The van der Waals surface area contributed by atoms with Crippen molar-refractivity contribution in [3.05, 3.63) is 21.3 Å². The minimum absolute atomic E-state index is 0.0756. The number of carbonyl (C=O) groups excluding carboxylic acids is 1. The molecule has 0 atom stereocenters. The molecule has 0 N–H and O–H groups in total. The number of ether oxygens (including phenoxy) is 2. The Morgan fingerprint density at radius 3 is 2.92 bits per heavy atom. The maximum atomic E-state index is 11.3. The Bertz CT molecular complexity index is 319. The van der Waals surface area contributed by atoms with Gasteiger partial charge in [0.2, 0.25) is 0 Å². The molecule has 3 nitrogen and oxygen atoms in total. The first-order chi connectivity index (χ1) is 6.25. The van der Waals surface area contributed by atoms with E-state index < -0.39 is 0 Å². The van der Waals surface area contributed by atoms with E-state index in [-0.39, 0.29) is 12.1 Å². The molecule has 0 spiro atoms. The van der Waals surface area contributed by atoms with Crippen molar-refractivity contribution in [2.24, 2.45) is 0 Å². The monoisotopic (exact) mass is 218 g/mol. The summed E-state index contributed by atoms with van der Waals surface area (Å²) in [5, 5.41) is 2.27. The molecular formula is C8H7ClO3S. The lowest BCUT2D eigenvalue weighted by molar-refractivity contribution is -0.103. The molecule has 1 aliphatic rings. The number of hydrogen-bond donors (Lipinski definition) is 0. The summed E-state index contributed by atoms with van der Waals surface area (Å²) < 4.78 is 9.95. The predicted octanol–water partition coefficient (Wildman–Crippen LogP) is 1.96. The summed E-state index contributed by atoms with van der Waals surface area (Å²) in [5.41, 5.74) is 0. The summed E-state index contributed by atoms with van der Waals surface area (Å²) >= 11 is 6.95. The topological polar surface area (TPSA) is 35.5 Å². The fourth-order valence-electron chi connectivity index (χ4n) is 0.912. The van der Waals surface area contributed by atoms with Gasteiger partial charge < -0.3 is 9.47 Å². The summed E-state index contributed by atoms with van der Waals surface area (Å²) in [5.74, 6) is -0.315. The summed E-state index contributed by atoms with van der Waals surface area (Å²) in [6, 6.07) is 1.61. The van der Waals surface area contributed by atoms with Crippen LogP contribution in [0.15, 0.2) is 11.4 Å². The third-order valence-electron chi connectivity index (χ3n) is 1.65. The van der Waals surface area contributed by atoms with Crippen molar-refractivity contribution in [3.63, 3.8) is 0 Å². The zero-order valence-electron chi connectivity index (χ0n) is 6.66. The van der Waals surface area contributed by atoms with E-state index in [0.29, 0.717) is 23.1 Å². The Kier molecular flexibility index (Phi) is 2.53. The highest BCUT2D eigenvalue weighted by molar-refractivity contribution is 7.12. The fraction of sp³-hybridized carbons (Fsp3) is 0.375. The summed E-state index contributed by atoms with van der Waals surface area (Å²) in [6.07, 6.45) is -0.0756. The van der Waals surface area contributed by atoms with Gasteiger partial charge in [-0.2, -0.15) is 0 Å². The predicted molar refractivity (Wildman–Crippen MR) is 49.4 cm³/mol. The molecule has 1 saturated heterocycles. The molecule has 0 amide bonds. The molecule has 2 heterocycles.